The smallest absolute Gasteiger partial charge is 0.194 e. The van der Waals surface area contributed by atoms with Gasteiger partial charge in [-0.15, -0.1) is 5.10 Å². The monoisotopic (exact) mass is 395 g/mol. The molecule has 0 aliphatic heterocycles. The Morgan fingerprint density at radius 1 is 0.833 bits per heavy atom. The normalized spacial score (nSPS) is 12.4. The van der Waals surface area contributed by atoms with Crippen molar-refractivity contribution in [1.29, 1.82) is 0 Å². The third kappa shape index (κ3) is 2.90. The van der Waals surface area contributed by atoms with Gasteiger partial charge in [-0.05, 0) is 36.8 Å². The molecule has 146 valence electrons. The highest BCUT2D eigenvalue weighted by atomic mass is 16.5. The van der Waals surface area contributed by atoms with E-state index in [0.29, 0.717) is 39.2 Å². The Bertz CT molecular complexity index is 1290. The minimum Gasteiger partial charge on any atom is -0.487 e. The van der Waals surface area contributed by atoms with Crippen molar-refractivity contribution >= 4 is 11.6 Å². The van der Waals surface area contributed by atoms with Crippen LogP contribution < -0.4 is 4.74 Å². The minimum absolute atomic E-state index is 0.134. The predicted octanol–water partition coefficient (Wildman–Crippen LogP) is 3.93. The number of carbonyl (C=O) groups is 2. The third-order valence-electron chi connectivity index (χ3n) is 5.24. The summed E-state index contributed by atoms with van der Waals surface area (Å²) >= 11 is 0. The lowest BCUT2D eigenvalue weighted by atomic mass is 9.81. The Kier molecular flexibility index (Phi) is 4.25. The van der Waals surface area contributed by atoms with Crippen LogP contribution >= 0.6 is 0 Å². The lowest BCUT2D eigenvalue weighted by molar-refractivity contribution is 0.0978. The lowest BCUT2D eigenvalue weighted by Gasteiger charge is -2.20. The Hall–Kier alpha value is -4.06. The molecule has 0 saturated carbocycles. The van der Waals surface area contributed by atoms with Gasteiger partial charge in [-0.3, -0.25) is 9.59 Å². The summed E-state index contributed by atoms with van der Waals surface area (Å²) in [5.74, 6) is 0.470. The van der Waals surface area contributed by atoms with Crippen LogP contribution in [0, 0.1) is 6.92 Å². The van der Waals surface area contributed by atoms with Gasteiger partial charge < -0.3 is 4.74 Å². The highest BCUT2D eigenvalue weighted by molar-refractivity contribution is 6.29. The molecular weight excluding hydrogens is 378 g/mol. The van der Waals surface area contributed by atoms with Gasteiger partial charge in [-0.2, -0.15) is 0 Å². The maximum Gasteiger partial charge on any atom is 0.194 e. The molecule has 0 atom stereocenters. The molecule has 6 nitrogen and oxygen atoms in total. The second-order valence-electron chi connectivity index (χ2n) is 7.09. The summed E-state index contributed by atoms with van der Waals surface area (Å²) in [6.45, 7) is 2.11. The van der Waals surface area contributed by atoms with Gasteiger partial charge in [0, 0.05) is 22.3 Å². The maximum absolute atomic E-state index is 13.1. The van der Waals surface area contributed by atoms with E-state index in [-0.39, 0.29) is 18.2 Å². The van der Waals surface area contributed by atoms with Crippen LogP contribution in [-0.2, 0) is 6.61 Å². The highest BCUT2D eigenvalue weighted by Gasteiger charge is 2.31. The summed E-state index contributed by atoms with van der Waals surface area (Å²) in [7, 11) is 0. The van der Waals surface area contributed by atoms with Crippen LogP contribution in [0.3, 0.4) is 0 Å². The zero-order chi connectivity index (χ0) is 20.7. The van der Waals surface area contributed by atoms with Crippen molar-refractivity contribution < 1.29 is 14.3 Å². The molecule has 0 N–H and O–H groups in total. The van der Waals surface area contributed by atoms with Gasteiger partial charge in [0.15, 0.2) is 11.6 Å². The van der Waals surface area contributed by atoms with Crippen molar-refractivity contribution in [1.82, 2.24) is 15.0 Å². The van der Waals surface area contributed by atoms with Gasteiger partial charge in [-0.25, -0.2) is 4.68 Å². The number of aromatic nitrogens is 3. The summed E-state index contributed by atoms with van der Waals surface area (Å²) in [6.07, 6.45) is 1.76. The van der Waals surface area contributed by atoms with Crippen molar-refractivity contribution in [2.24, 2.45) is 0 Å². The first kappa shape index (κ1) is 18.0. The van der Waals surface area contributed by atoms with Crippen molar-refractivity contribution in [2.75, 3.05) is 0 Å². The molecule has 4 aromatic rings. The summed E-state index contributed by atoms with van der Waals surface area (Å²) < 4.78 is 7.33. The molecule has 0 fully saturated rings. The van der Waals surface area contributed by atoms with Crippen molar-refractivity contribution in [3.8, 4) is 11.4 Å². The van der Waals surface area contributed by atoms with Crippen LogP contribution in [0.1, 0.15) is 43.1 Å². The molecular formula is C24H17N3O3. The molecule has 0 amide bonds. The van der Waals surface area contributed by atoms with Crippen LogP contribution in [0.15, 0.2) is 72.9 Å². The van der Waals surface area contributed by atoms with Crippen molar-refractivity contribution in [2.45, 2.75) is 13.5 Å². The van der Waals surface area contributed by atoms with Gasteiger partial charge in [-0.1, -0.05) is 47.7 Å². The molecule has 3 aromatic carbocycles. The molecule has 0 unspecified atom stereocenters. The Balaban J connectivity index is 1.48. The van der Waals surface area contributed by atoms with Crippen LogP contribution in [0.5, 0.6) is 5.75 Å². The van der Waals surface area contributed by atoms with Crippen LogP contribution in [0.2, 0.25) is 0 Å². The molecule has 0 radical (unpaired) electrons. The average molecular weight is 395 g/mol. The van der Waals surface area contributed by atoms with E-state index in [2.05, 4.69) is 10.3 Å². The lowest BCUT2D eigenvalue weighted by Crippen LogP contribution is -2.22. The van der Waals surface area contributed by atoms with Gasteiger partial charge in [0.1, 0.15) is 18.1 Å². The predicted molar refractivity (Wildman–Crippen MR) is 110 cm³/mol. The summed E-state index contributed by atoms with van der Waals surface area (Å²) in [6, 6.07) is 19.9. The third-order valence-corrected chi connectivity index (χ3v) is 5.24. The largest absolute Gasteiger partial charge is 0.487 e. The molecule has 0 saturated heterocycles. The van der Waals surface area contributed by atoms with E-state index >= 15 is 0 Å². The van der Waals surface area contributed by atoms with E-state index in [1.807, 2.05) is 37.3 Å². The fourth-order valence-electron chi connectivity index (χ4n) is 3.75. The van der Waals surface area contributed by atoms with Gasteiger partial charge >= 0.3 is 0 Å². The average Bonchev–Trinajstić information content (AvgIpc) is 3.25. The number of nitrogens with zero attached hydrogens (tertiary/aromatic N) is 3. The first-order chi connectivity index (χ1) is 14.6. The number of carbonyl (C=O) groups excluding carboxylic acids is 2. The highest BCUT2D eigenvalue weighted by Crippen LogP contribution is 2.31. The SMILES string of the molecule is Cc1c(-n2cc(COc3ccccc3)nn2)ccc2c1C(=O)c1ccccc1C2=O. The molecule has 1 heterocycles. The molecule has 5 rings (SSSR count). The molecule has 0 spiro atoms. The summed E-state index contributed by atoms with van der Waals surface area (Å²) in [5, 5.41) is 8.35. The number of ether oxygens (including phenoxy) is 1. The van der Waals surface area contributed by atoms with Gasteiger partial charge in [0.25, 0.3) is 0 Å². The van der Waals surface area contributed by atoms with Gasteiger partial charge in [0.05, 0.1) is 11.9 Å². The molecule has 1 aromatic heterocycles. The number of hydrogen-bond donors (Lipinski definition) is 0. The first-order valence-electron chi connectivity index (χ1n) is 9.55. The molecule has 1 aliphatic rings. The fraction of sp³-hybridized carbons (Fsp3) is 0.0833. The Labute approximate surface area is 172 Å². The van der Waals surface area contributed by atoms with Crippen molar-refractivity contribution in [3.63, 3.8) is 0 Å². The van der Waals surface area contributed by atoms with Gasteiger partial charge in [0.2, 0.25) is 0 Å². The number of benzene rings is 3. The molecule has 30 heavy (non-hydrogen) atoms. The minimum atomic E-state index is -0.146. The molecule has 6 heteroatoms. The van der Waals surface area contributed by atoms with Crippen LogP contribution in [0.4, 0.5) is 0 Å². The van der Waals surface area contributed by atoms with Crippen LogP contribution in [-0.4, -0.2) is 26.6 Å². The number of fused-ring (bicyclic) bond motifs is 2. The Morgan fingerprint density at radius 2 is 1.53 bits per heavy atom. The summed E-state index contributed by atoms with van der Waals surface area (Å²) in [5.41, 5.74) is 3.78. The zero-order valence-electron chi connectivity index (χ0n) is 16.2. The van der Waals surface area contributed by atoms with E-state index in [1.165, 1.54) is 0 Å². The standard InChI is InChI=1S/C24H17N3O3/c1-15-21(27-13-16(25-26-27)14-30-17-7-3-2-4-8-17)12-11-20-22(15)24(29)19-10-6-5-9-18(19)23(20)28/h2-13H,14H2,1H3. The molecule has 0 bridgehead atoms. The number of para-hydroxylation sites is 1. The number of rotatable bonds is 4. The number of ketones is 2. The van der Waals surface area contributed by atoms with E-state index in [0.717, 1.165) is 5.75 Å². The quantitative estimate of drug-likeness (QED) is 0.461. The fourth-order valence-corrected chi connectivity index (χ4v) is 3.75. The van der Waals surface area contributed by atoms with Crippen LogP contribution in [0.25, 0.3) is 5.69 Å². The second-order valence-corrected chi connectivity index (χ2v) is 7.09. The van der Waals surface area contributed by atoms with E-state index in [9.17, 15) is 9.59 Å². The zero-order valence-corrected chi connectivity index (χ0v) is 16.2. The summed E-state index contributed by atoms with van der Waals surface area (Å²) in [4.78, 5) is 26.0. The van der Waals surface area contributed by atoms with E-state index < -0.39 is 0 Å². The van der Waals surface area contributed by atoms with E-state index in [1.54, 1.807) is 47.3 Å². The topological polar surface area (TPSA) is 74.1 Å². The van der Waals surface area contributed by atoms with Crippen molar-refractivity contribution in [3.05, 3.63) is 106 Å². The number of hydrogen-bond acceptors (Lipinski definition) is 5. The molecule has 1 aliphatic carbocycles. The van der Waals surface area contributed by atoms with E-state index in [4.69, 9.17) is 4.74 Å². The first-order valence-corrected chi connectivity index (χ1v) is 9.55. The maximum atomic E-state index is 13.1. The Morgan fingerprint density at radius 3 is 2.30 bits per heavy atom. The second kappa shape index (κ2) is 7.08.